The molecule has 0 fully saturated rings. The van der Waals surface area contributed by atoms with E-state index in [-0.39, 0.29) is 26.1 Å². The Morgan fingerprint density at radius 2 is 1.00 bits per heavy atom. The monoisotopic (exact) mass is 785 g/mol. The molecular weight excluding hydrogens is 701 g/mol. The van der Waals surface area contributed by atoms with Crippen LogP contribution in [0.5, 0.6) is 0 Å². The van der Waals surface area contributed by atoms with Crippen LogP contribution in [-0.4, -0.2) is 74.9 Å². The average molecular weight is 785 g/mol. The van der Waals surface area contributed by atoms with Crippen LogP contribution in [0.15, 0.2) is 36.5 Å². The van der Waals surface area contributed by atoms with Gasteiger partial charge in [-0.25, -0.2) is 4.57 Å². The summed E-state index contributed by atoms with van der Waals surface area (Å²) in [5.74, 6) is -0.924. The van der Waals surface area contributed by atoms with Gasteiger partial charge in [-0.15, -0.1) is 0 Å². The molecule has 0 spiro atoms. The summed E-state index contributed by atoms with van der Waals surface area (Å²) in [4.78, 5) is 35.3. The fourth-order valence-corrected chi connectivity index (χ4v) is 6.43. The van der Waals surface area contributed by atoms with E-state index in [4.69, 9.17) is 18.5 Å². The smallest absolute Gasteiger partial charge is 0.461 e. The number of phosphoric acid groups is 1. The van der Waals surface area contributed by atoms with Gasteiger partial charge in [0.05, 0.1) is 34.2 Å². The van der Waals surface area contributed by atoms with Gasteiger partial charge in [0.15, 0.2) is 6.10 Å². The molecule has 316 valence electrons. The fraction of sp³-hybridized carbons (Fsp3) is 0.818. The van der Waals surface area contributed by atoms with Gasteiger partial charge in [-0.1, -0.05) is 134 Å². The topological polar surface area (TPSA) is 108 Å². The van der Waals surface area contributed by atoms with E-state index in [9.17, 15) is 19.0 Å². The minimum absolute atomic E-state index is 0.0212. The largest absolute Gasteiger partial charge is 0.472 e. The van der Waals surface area contributed by atoms with Gasteiger partial charge in [0.2, 0.25) is 0 Å². The Morgan fingerprint density at radius 1 is 0.574 bits per heavy atom. The van der Waals surface area contributed by atoms with E-state index in [2.05, 4.69) is 38.2 Å². The molecule has 0 bridgehead atoms. The SMILES string of the molecule is CCCCCCCC/C=C\CCCC/C=C/CC(=O)OC[C@H](COP(=O)(O)OCC[N+](C)(C)C)OC(=O)CCCCC/C=C/CCCCCCCCCC. The highest BCUT2D eigenvalue weighted by Gasteiger charge is 2.27. The van der Waals surface area contributed by atoms with Crippen LogP contribution in [0.2, 0.25) is 0 Å². The van der Waals surface area contributed by atoms with Gasteiger partial charge in [-0.05, 0) is 70.6 Å². The zero-order valence-corrected chi connectivity index (χ0v) is 36.3. The summed E-state index contributed by atoms with van der Waals surface area (Å²) in [6.45, 7) is 4.32. The Balaban J connectivity index is 4.46. The lowest BCUT2D eigenvalue weighted by Crippen LogP contribution is -2.37. The first-order valence-electron chi connectivity index (χ1n) is 21.7. The summed E-state index contributed by atoms with van der Waals surface area (Å²) >= 11 is 0. The molecule has 54 heavy (non-hydrogen) atoms. The quantitative estimate of drug-likeness (QED) is 0.0216. The first-order chi connectivity index (χ1) is 26.0. The van der Waals surface area contributed by atoms with E-state index < -0.39 is 32.5 Å². The third-order valence-corrected chi connectivity index (χ3v) is 10.1. The number of carbonyl (C=O) groups is 2. The van der Waals surface area contributed by atoms with Gasteiger partial charge in [-0.2, -0.15) is 0 Å². The number of esters is 2. The number of allylic oxidation sites excluding steroid dienone is 5. The zero-order chi connectivity index (χ0) is 40.0. The van der Waals surface area contributed by atoms with Crippen LogP contribution in [-0.2, 0) is 32.7 Å². The molecule has 0 aromatic carbocycles. The van der Waals surface area contributed by atoms with Crippen molar-refractivity contribution in [3.63, 3.8) is 0 Å². The first-order valence-corrected chi connectivity index (χ1v) is 23.2. The molecule has 0 rings (SSSR count). The van der Waals surface area contributed by atoms with Crippen molar-refractivity contribution in [2.75, 3.05) is 47.5 Å². The van der Waals surface area contributed by atoms with E-state index in [1.54, 1.807) is 6.08 Å². The lowest BCUT2D eigenvalue weighted by atomic mass is 10.1. The first kappa shape index (κ1) is 52.2. The van der Waals surface area contributed by atoms with Gasteiger partial charge >= 0.3 is 19.8 Å². The standard InChI is InChI=1S/C44H82NO8P/c1-6-8-10-12-14-16-18-20-22-24-26-28-30-32-34-36-43(46)50-40-42(41-52-54(48,49)51-39-38-45(3,4)5)53-44(47)37-35-33-31-29-27-25-23-21-19-17-15-13-11-9-7-2/h20,22,25,27,32,34,42H,6-19,21,23-24,26,28-31,33,35-41H2,1-5H3/p+1/b22-20-,27-25+,34-32+/t42-/m1/s1. The molecule has 10 heteroatoms. The molecule has 0 heterocycles. The van der Waals surface area contributed by atoms with Crippen molar-refractivity contribution in [3.05, 3.63) is 36.5 Å². The van der Waals surface area contributed by atoms with Crippen molar-refractivity contribution < 1.29 is 42.1 Å². The summed E-state index contributed by atoms with van der Waals surface area (Å²) < 4.78 is 34.2. The molecule has 0 saturated heterocycles. The maximum Gasteiger partial charge on any atom is 0.472 e. The lowest BCUT2D eigenvalue weighted by molar-refractivity contribution is -0.870. The van der Waals surface area contributed by atoms with Gasteiger partial charge < -0.3 is 18.9 Å². The number of unbranched alkanes of at least 4 members (excludes halogenated alkanes) is 20. The van der Waals surface area contributed by atoms with E-state index >= 15 is 0 Å². The van der Waals surface area contributed by atoms with Crippen LogP contribution in [0.1, 0.15) is 181 Å². The van der Waals surface area contributed by atoms with Crippen LogP contribution in [0.3, 0.4) is 0 Å². The van der Waals surface area contributed by atoms with Crippen molar-refractivity contribution in [2.45, 2.75) is 187 Å². The second kappa shape index (κ2) is 36.8. The minimum Gasteiger partial charge on any atom is -0.461 e. The van der Waals surface area contributed by atoms with Crippen LogP contribution < -0.4 is 0 Å². The second-order valence-electron chi connectivity index (χ2n) is 15.7. The molecular formula is C44H83NO8P+. The molecule has 1 N–H and O–H groups in total. The Hall–Kier alpha value is -1.77. The molecule has 2 atom stereocenters. The van der Waals surface area contributed by atoms with Crippen LogP contribution in [0, 0.1) is 0 Å². The van der Waals surface area contributed by atoms with Gasteiger partial charge in [0.25, 0.3) is 0 Å². The van der Waals surface area contributed by atoms with Crippen molar-refractivity contribution in [3.8, 4) is 0 Å². The minimum atomic E-state index is -4.39. The van der Waals surface area contributed by atoms with Crippen LogP contribution >= 0.6 is 7.82 Å². The number of likely N-dealkylation sites (N-methyl/N-ethyl adjacent to an activating group) is 1. The maximum atomic E-state index is 12.7. The molecule has 0 radical (unpaired) electrons. The summed E-state index contributed by atoms with van der Waals surface area (Å²) in [5.41, 5.74) is 0. The van der Waals surface area contributed by atoms with E-state index in [0.717, 1.165) is 51.4 Å². The number of hydrogen-bond donors (Lipinski definition) is 1. The predicted octanol–water partition coefficient (Wildman–Crippen LogP) is 12.1. The molecule has 1 unspecified atom stereocenters. The van der Waals surface area contributed by atoms with Gasteiger partial charge in [0.1, 0.15) is 19.8 Å². The second-order valence-corrected chi connectivity index (χ2v) is 17.2. The van der Waals surface area contributed by atoms with Crippen LogP contribution in [0.4, 0.5) is 0 Å². The zero-order valence-electron chi connectivity index (χ0n) is 35.5. The molecule has 9 nitrogen and oxygen atoms in total. The molecule has 0 amide bonds. The van der Waals surface area contributed by atoms with Crippen molar-refractivity contribution in [1.82, 2.24) is 0 Å². The highest BCUT2D eigenvalue weighted by Crippen LogP contribution is 2.43. The summed E-state index contributed by atoms with van der Waals surface area (Å²) in [6, 6.07) is 0. The van der Waals surface area contributed by atoms with E-state index in [1.165, 1.54) is 96.3 Å². The van der Waals surface area contributed by atoms with Gasteiger partial charge in [0, 0.05) is 6.42 Å². The Bertz CT molecular complexity index is 1020. The number of quaternary nitrogens is 1. The Labute approximate surface area is 331 Å². The molecule has 0 aromatic rings. The highest BCUT2D eigenvalue weighted by molar-refractivity contribution is 7.47. The number of phosphoric ester groups is 1. The Morgan fingerprint density at radius 3 is 1.48 bits per heavy atom. The van der Waals surface area contributed by atoms with Crippen molar-refractivity contribution in [1.29, 1.82) is 0 Å². The third-order valence-electron chi connectivity index (χ3n) is 9.14. The van der Waals surface area contributed by atoms with Crippen LogP contribution in [0.25, 0.3) is 0 Å². The summed E-state index contributed by atoms with van der Waals surface area (Å²) in [7, 11) is 1.44. The number of hydrogen-bond acceptors (Lipinski definition) is 7. The molecule has 0 saturated carbocycles. The van der Waals surface area contributed by atoms with Crippen molar-refractivity contribution >= 4 is 19.8 Å². The average Bonchev–Trinajstić information content (AvgIpc) is 3.12. The number of rotatable bonds is 39. The number of ether oxygens (including phenoxy) is 2. The Kier molecular flexibility index (Phi) is 35.6. The van der Waals surface area contributed by atoms with E-state index in [1.807, 2.05) is 27.2 Å². The highest BCUT2D eigenvalue weighted by atomic mass is 31.2. The molecule has 0 aliphatic heterocycles. The normalized spacial score (nSPS) is 14.0. The number of nitrogens with zero attached hydrogens (tertiary/aromatic N) is 1. The van der Waals surface area contributed by atoms with Crippen molar-refractivity contribution in [2.24, 2.45) is 0 Å². The lowest BCUT2D eigenvalue weighted by Gasteiger charge is -2.24. The van der Waals surface area contributed by atoms with E-state index in [0.29, 0.717) is 17.4 Å². The predicted molar refractivity (Wildman–Crippen MR) is 224 cm³/mol. The molecule has 0 aromatic heterocycles. The van der Waals surface area contributed by atoms with Gasteiger partial charge in [-0.3, -0.25) is 18.6 Å². The molecule has 0 aliphatic rings. The third kappa shape index (κ3) is 39.9. The maximum absolute atomic E-state index is 12.7. The molecule has 0 aliphatic carbocycles. The summed E-state index contributed by atoms with van der Waals surface area (Å²) in [6.07, 6.45) is 40.7. The fourth-order valence-electron chi connectivity index (χ4n) is 5.69. The summed E-state index contributed by atoms with van der Waals surface area (Å²) in [5, 5.41) is 0. The number of carbonyl (C=O) groups excluding carboxylic acids is 2.